The molecule has 1 aromatic carbocycles. The number of nitrogens with two attached hydrogens (primary N) is 1. The van der Waals surface area contributed by atoms with E-state index in [2.05, 4.69) is 0 Å². The number of sulfonamides is 1. The fourth-order valence-corrected chi connectivity index (χ4v) is 4.14. The number of halogens is 1. The summed E-state index contributed by atoms with van der Waals surface area (Å²) in [6, 6.07) is 2.63. The van der Waals surface area contributed by atoms with Gasteiger partial charge in [-0.25, -0.2) is 12.8 Å². The van der Waals surface area contributed by atoms with Crippen LogP contribution in [-0.2, 0) is 16.6 Å². The fourth-order valence-electron chi connectivity index (χ4n) is 2.14. The molecule has 1 unspecified atom stereocenters. The summed E-state index contributed by atoms with van der Waals surface area (Å²) in [6.45, 7) is 7.49. The van der Waals surface area contributed by atoms with E-state index in [4.69, 9.17) is 5.73 Å². The third-order valence-corrected chi connectivity index (χ3v) is 5.79. The third-order valence-electron chi connectivity index (χ3n) is 3.57. The van der Waals surface area contributed by atoms with Crippen molar-refractivity contribution >= 4 is 10.0 Å². The van der Waals surface area contributed by atoms with Gasteiger partial charge in [0, 0.05) is 24.7 Å². The van der Waals surface area contributed by atoms with E-state index in [1.54, 1.807) is 6.92 Å². The molecule has 20 heavy (non-hydrogen) atoms. The van der Waals surface area contributed by atoms with E-state index in [0.29, 0.717) is 18.5 Å². The van der Waals surface area contributed by atoms with Crippen LogP contribution in [0.3, 0.4) is 0 Å². The van der Waals surface area contributed by atoms with Crippen molar-refractivity contribution in [2.45, 2.75) is 51.6 Å². The van der Waals surface area contributed by atoms with Gasteiger partial charge in [-0.05, 0) is 38.0 Å². The maximum absolute atomic E-state index is 13.9. The lowest BCUT2D eigenvalue weighted by Crippen LogP contribution is -2.38. The summed E-state index contributed by atoms with van der Waals surface area (Å²) in [7, 11) is -3.71. The number of hydrogen-bond acceptors (Lipinski definition) is 3. The lowest BCUT2D eigenvalue weighted by atomic mass is 10.1. The van der Waals surface area contributed by atoms with Gasteiger partial charge in [0.05, 0.1) is 4.90 Å². The largest absolute Gasteiger partial charge is 0.326 e. The van der Waals surface area contributed by atoms with Gasteiger partial charge in [-0.15, -0.1) is 0 Å². The van der Waals surface area contributed by atoms with Crippen molar-refractivity contribution in [3.05, 3.63) is 29.1 Å². The van der Waals surface area contributed by atoms with Crippen LogP contribution in [0.4, 0.5) is 4.39 Å². The Kier molecular flexibility index (Phi) is 5.68. The first-order chi connectivity index (χ1) is 9.29. The van der Waals surface area contributed by atoms with Crippen LogP contribution >= 0.6 is 0 Å². The van der Waals surface area contributed by atoms with E-state index in [0.717, 1.165) is 0 Å². The molecule has 0 radical (unpaired) electrons. The Hall–Kier alpha value is -0.980. The molecule has 2 N–H and O–H groups in total. The average molecular weight is 302 g/mol. The molecule has 1 aromatic rings. The first-order valence-electron chi connectivity index (χ1n) is 6.80. The lowest BCUT2D eigenvalue weighted by molar-refractivity contribution is 0.342. The van der Waals surface area contributed by atoms with E-state index < -0.39 is 15.8 Å². The van der Waals surface area contributed by atoms with Gasteiger partial charge < -0.3 is 5.73 Å². The van der Waals surface area contributed by atoms with Gasteiger partial charge in [0.15, 0.2) is 0 Å². The van der Waals surface area contributed by atoms with Gasteiger partial charge in [-0.1, -0.05) is 13.8 Å². The summed E-state index contributed by atoms with van der Waals surface area (Å²) in [5.41, 5.74) is 6.12. The smallest absolute Gasteiger partial charge is 0.243 e. The number of benzene rings is 1. The summed E-state index contributed by atoms with van der Waals surface area (Å²) >= 11 is 0. The molecule has 0 aromatic heterocycles. The monoisotopic (exact) mass is 302 g/mol. The van der Waals surface area contributed by atoms with Gasteiger partial charge >= 0.3 is 0 Å². The summed E-state index contributed by atoms with van der Waals surface area (Å²) < 4.78 is 40.7. The molecule has 0 fully saturated rings. The Morgan fingerprint density at radius 3 is 2.40 bits per heavy atom. The van der Waals surface area contributed by atoms with Crippen molar-refractivity contribution in [2.75, 3.05) is 6.54 Å². The van der Waals surface area contributed by atoms with Crippen LogP contribution in [0, 0.1) is 12.7 Å². The van der Waals surface area contributed by atoms with Gasteiger partial charge in [0.25, 0.3) is 0 Å². The van der Waals surface area contributed by atoms with E-state index in [9.17, 15) is 12.8 Å². The Bertz CT molecular complexity index is 573. The predicted octanol–water partition coefficient (Wildman–Crippen LogP) is 2.40. The first kappa shape index (κ1) is 17.1. The van der Waals surface area contributed by atoms with E-state index >= 15 is 0 Å². The molecular weight excluding hydrogens is 279 g/mol. The SMILES string of the molecule is CCC(C)N(CC)S(=O)(=O)c1cc(CN)cc(F)c1C. The highest BCUT2D eigenvalue weighted by atomic mass is 32.2. The van der Waals surface area contributed by atoms with Crippen molar-refractivity contribution in [1.82, 2.24) is 4.31 Å². The van der Waals surface area contributed by atoms with Gasteiger partial charge in [-0.2, -0.15) is 4.31 Å². The number of hydrogen-bond donors (Lipinski definition) is 1. The molecule has 6 heteroatoms. The molecule has 0 heterocycles. The second kappa shape index (κ2) is 6.65. The number of nitrogens with zero attached hydrogens (tertiary/aromatic N) is 1. The Balaban J connectivity index is 3.45. The van der Waals surface area contributed by atoms with Gasteiger partial charge in [-0.3, -0.25) is 0 Å². The minimum absolute atomic E-state index is 0.0140. The highest BCUT2D eigenvalue weighted by Crippen LogP contribution is 2.25. The van der Waals surface area contributed by atoms with Gasteiger partial charge in [0.1, 0.15) is 5.82 Å². The molecule has 0 saturated heterocycles. The van der Waals surface area contributed by atoms with Crippen LogP contribution in [-0.4, -0.2) is 25.3 Å². The van der Waals surface area contributed by atoms with Crippen LogP contribution in [0.25, 0.3) is 0 Å². The van der Waals surface area contributed by atoms with E-state index in [1.165, 1.54) is 23.4 Å². The highest BCUT2D eigenvalue weighted by molar-refractivity contribution is 7.89. The minimum Gasteiger partial charge on any atom is -0.326 e. The Morgan fingerprint density at radius 2 is 1.95 bits per heavy atom. The first-order valence-corrected chi connectivity index (χ1v) is 8.24. The maximum Gasteiger partial charge on any atom is 0.243 e. The second-order valence-corrected chi connectivity index (χ2v) is 6.73. The molecule has 0 bridgehead atoms. The van der Waals surface area contributed by atoms with Crippen molar-refractivity contribution in [3.8, 4) is 0 Å². The second-order valence-electron chi connectivity index (χ2n) is 4.87. The standard InChI is InChI=1S/C14H23FN2O2S/c1-5-10(3)17(6-2)20(18,19)14-8-12(9-16)7-13(15)11(14)4/h7-8,10H,5-6,9,16H2,1-4H3. The van der Waals surface area contributed by atoms with Crippen LogP contribution in [0.5, 0.6) is 0 Å². The van der Waals surface area contributed by atoms with E-state index in [1.807, 2.05) is 13.8 Å². The molecule has 0 aliphatic rings. The molecule has 0 aliphatic heterocycles. The summed E-state index contributed by atoms with van der Waals surface area (Å²) in [5, 5.41) is 0. The molecule has 1 rings (SSSR count). The zero-order valence-corrected chi connectivity index (χ0v) is 13.3. The molecule has 0 aliphatic carbocycles. The summed E-state index contributed by atoms with van der Waals surface area (Å²) in [6.07, 6.45) is 0.700. The van der Waals surface area contributed by atoms with Crippen LogP contribution in [0.2, 0.25) is 0 Å². The molecule has 4 nitrogen and oxygen atoms in total. The topological polar surface area (TPSA) is 63.4 Å². The van der Waals surface area contributed by atoms with Crippen molar-refractivity contribution in [3.63, 3.8) is 0 Å². The van der Waals surface area contributed by atoms with Crippen LogP contribution < -0.4 is 5.73 Å². The van der Waals surface area contributed by atoms with Crippen molar-refractivity contribution < 1.29 is 12.8 Å². The minimum atomic E-state index is -3.71. The lowest BCUT2D eigenvalue weighted by Gasteiger charge is -2.27. The number of rotatable bonds is 6. The molecule has 0 amide bonds. The zero-order valence-electron chi connectivity index (χ0n) is 12.5. The zero-order chi connectivity index (χ0) is 15.5. The highest BCUT2D eigenvalue weighted by Gasteiger charge is 2.29. The molecular formula is C14H23FN2O2S. The average Bonchev–Trinajstić information content (AvgIpc) is 2.41. The molecule has 1 atom stereocenters. The molecule has 0 spiro atoms. The maximum atomic E-state index is 13.9. The Morgan fingerprint density at radius 1 is 1.35 bits per heavy atom. The quantitative estimate of drug-likeness (QED) is 0.877. The predicted molar refractivity (Wildman–Crippen MR) is 78.3 cm³/mol. The molecule has 0 saturated carbocycles. The normalized spacial score (nSPS) is 13.8. The van der Waals surface area contributed by atoms with Crippen LogP contribution in [0.1, 0.15) is 38.3 Å². The fraction of sp³-hybridized carbons (Fsp3) is 0.571. The van der Waals surface area contributed by atoms with Crippen molar-refractivity contribution in [2.24, 2.45) is 5.73 Å². The van der Waals surface area contributed by atoms with Crippen molar-refractivity contribution in [1.29, 1.82) is 0 Å². The summed E-state index contributed by atoms with van der Waals surface area (Å²) in [5.74, 6) is -0.535. The van der Waals surface area contributed by atoms with E-state index in [-0.39, 0.29) is 23.0 Å². The summed E-state index contributed by atoms with van der Waals surface area (Å²) in [4.78, 5) is 0.0140. The third kappa shape index (κ3) is 3.19. The molecule has 114 valence electrons. The Labute approximate surface area is 120 Å². The van der Waals surface area contributed by atoms with Gasteiger partial charge in [0.2, 0.25) is 10.0 Å². The van der Waals surface area contributed by atoms with Crippen LogP contribution in [0.15, 0.2) is 17.0 Å².